The van der Waals surface area contributed by atoms with Gasteiger partial charge in [0.15, 0.2) is 0 Å². The topological polar surface area (TPSA) is 113 Å². The van der Waals surface area contributed by atoms with Gasteiger partial charge in [-0.15, -0.1) is 0 Å². The molecule has 13 atom stereocenters. The van der Waals surface area contributed by atoms with E-state index in [-0.39, 0.29) is 65.2 Å². The molecular formula is C34H47NO9. The van der Waals surface area contributed by atoms with Crippen LogP contribution in [0.2, 0.25) is 0 Å². The number of fused-ring (bicyclic) bond motifs is 2. The monoisotopic (exact) mass is 613 g/mol. The maximum absolute atomic E-state index is 13.9. The molecule has 44 heavy (non-hydrogen) atoms. The van der Waals surface area contributed by atoms with E-state index in [1.165, 1.54) is 6.92 Å². The molecule has 6 fully saturated rings. The van der Waals surface area contributed by atoms with Crippen molar-refractivity contribution in [2.45, 2.75) is 75.6 Å². The number of carbonyl (C=O) groups excluding carboxylic acids is 2. The van der Waals surface area contributed by atoms with E-state index in [1.807, 2.05) is 0 Å². The summed E-state index contributed by atoms with van der Waals surface area (Å²) in [4.78, 5) is 29.0. The van der Waals surface area contributed by atoms with Gasteiger partial charge in [-0.1, -0.05) is 6.92 Å². The Morgan fingerprint density at radius 2 is 1.77 bits per heavy atom. The van der Waals surface area contributed by atoms with Gasteiger partial charge in [-0.05, 0) is 56.0 Å². The Labute approximate surface area is 259 Å². The third kappa shape index (κ3) is 3.78. The van der Waals surface area contributed by atoms with Crippen LogP contribution in [-0.2, 0) is 28.5 Å². The Morgan fingerprint density at radius 1 is 1.02 bits per heavy atom. The molecule has 1 aromatic carbocycles. The molecule has 0 amide bonds. The second kappa shape index (κ2) is 10.7. The largest absolute Gasteiger partial charge is 0.497 e. The van der Waals surface area contributed by atoms with Gasteiger partial charge in [0.25, 0.3) is 0 Å². The fraction of sp³-hybridized carbons (Fsp3) is 0.765. The van der Waals surface area contributed by atoms with Gasteiger partial charge in [0.2, 0.25) is 0 Å². The zero-order valence-corrected chi connectivity index (χ0v) is 26.7. The summed E-state index contributed by atoms with van der Waals surface area (Å²) in [6.45, 7) is 5.80. The third-order valence-electron chi connectivity index (χ3n) is 12.9. The molecule has 242 valence electrons. The molecular weight excluding hydrogens is 566 g/mol. The number of piperidine rings is 1. The summed E-state index contributed by atoms with van der Waals surface area (Å²) in [5.41, 5.74) is -1.50. The molecule has 7 rings (SSSR count). The highest BCUT2D eigenvalue weighted by Gasteiger charge is 2.87. The van der Waals surface area contributed by atoms with Gasteiger partial charge in [-0.3, -0.25) is 9.69 Å². The van der Waals surface area contributed by atoms with Gasteiger partial charge in [-0.2, -0.15) is 0 Å². The van der Waals surface area contributed by atoms with E-state index in [4.69, 9.17) is 28.4 Å². The van der Waals surface area contributed by atoms with E-state index in [0.717, 1.165) is 25.9 Å². The summed E-state index contributed by atoms with van der Waals surface area (Å²) in [6.07, 6.45) is 1.23. The fourth-order valence-corrected chi connectivity index (χ4v) is 12.1. The predicted octanol–water partition coefficient (Wildman–Crippen LogP) is 2.95. The zero-order chi connectivity index (χ0) is 31.2. The standard InChI is InChI=1S/C34H47NO9/c1-7-35-16-32(17-39-3)13-12-24(44-31(37)19-8-10-20(40-4)11-9-19)34-22-14-21-23(41-5)15-33(38,25(22)27(21)43-18(2)36)26(30(34)35)28(42-6)29(32)34/h8-11,21-30,38H,7,12-17H2,1-6H3/t21-,22-,23+,24+,25-,26+,27+,28+,29-,30?,32+,33-,34+/m1/s1. The zero-order valence-electron chi connectivity index (χ0n) is 26.7. The number of rotatable bonds is 9. The van der Waals surface area contributed by atoms with Crippen LogP contribution in [0.1, 0.15) is 49.9 Å². The number of aliphatic hydroxyl groups is 1. The summed E-state index contributed by atoms with van der Waals surface area (Å²) in [5.74, 6) is -0.791. The van der Waals surface area contributed by atoms with E-state index in [9.17, 15) is 14.7 Å². The highest BCUT2D eigenvalue weighted by atomic mass is 16.6. The highest BCUT2D eigenvalue weighted by molar-refractivity contribution is 5.89. The molecule has 10 heteroatoms. The maximum Gasteiger partial charge on any atom is 0.338 e. The van der Waals surface area contributed by atoms with Crippen LogP contribution in [0.3, 0.4) is 0 Å². The predicted molar refractivity (Wildman–Crippen MR) is 158 cm³/mol. The third-order valence-corrected chi connectivity index (χ3v) is 12.9. The first kappa shape index (κ1) is 30.4. The van der Waals surface area contributed by atoms with E-state index >= 15 is 0 Å². The average Bonchev–Trinajstić information content (AvgIpc) is 3.44. The molecule has 1 unspecified atom stereocenters. The van der Waals surface area contributed by atoms with Crippen LogP contribution in [0.25, 0.3) is 0 Å². The van der Waals surface area contributed by atoms with Crippen LogP contribution in [0.5, 0.6) is 5.75 Å². The molecule has 0 aromatic heterocycles. The van der Waals surface area contributed by atoms with Crippen molar-refractivity contribution in [3.8, 4) is 5.75 Å². The van der Waals surface area contributed by atoms with Crippen LogP contribution in [0.4, 0.5) is 0 Å². The van der Waals surface area contributed by atoms with Gasteiger partial charge in [-0.25, -0.2) is 4.79 Å². The Kier molecular flexibility index (Phi) is 7.37. The van der Waals surface area contributed by atoms with E-state index in [0.29, 0.717) is 30.8 Å². The Bertz CT molecular complexity index is 1290. The first-order valence-corrected chi connectivity index (χ1v) is 16.2. The van der Waals surface area contributed by atoms with Crippen molar-refractivity contribution in [2.24, 2.45) is 40.4 Å². The quantitative estimate of drug-likeness (QED) is 0.417. The molecule has 1 aromatic rings. The van der Waals surface area contributed by atoms with Crippen molar-refractivity contribution in [1.29, 1.82) is 0 Å². The van der Waals surface area contributed by atoms with Crippen LogP contribution >= 0.6 is 0 Å². The van der Waals surface area contributed by atoms with E-state index in [1.54, 1.807) is 52.7 Å². The average molecular weight is 614 g/mol. The minimum Gasteiger partial charge on any atom is -0.497 e. The van der Waals surface area contributed by atoms with Crippen LogP contribution in [-0.4, -0.2) is 106 Å². The highest BCUT2D eigenvalue weighted by Crippen LogP contribution is 2.79. The lowest BCUT2D eigenvalue weighted by atomic mass is 9.43. The number of likely N-dealkylation sites (tertiary alicyclic amines) is 1. The number of nitrogens with zero attached hydrogens (tertiary/aromatic N) is 1. The van der Waals surface area contributed by atoms with E-state index < -0.39 is 23.2 Å². The molecule has 1 aliphatic heterocycles. The minimum absolute atomic E-state index is 0.0162. The van der Waals surface area contributed by atoms with Gasteiger partial charge < -0.3 is 33.5 Å². The number of methoxy groups -OCH3 is 4. The van der Waals surface area contributed by atoms with Gasteiger partial charge >= 0.3 is 11.9 Å². The lowest BCUT2D eigenvalue weighted by Crippen LogP contribution is -2.76. The van der Waals surface area contributed by atoms with Crippen molar-refractivity contribution in [1.82, 2.24) is 4.90 Å². The summed E-state index contributed by atoms with van der Waals surface area (Å²) in [5, 5.41) is 13.1. The van der Waals surface area contributed by atoms with Crippen LogP contribution in [0, 0.1) is 40.4 Å². The molecule has 0 radical (unpaired) electrons. The maximum atomic E-state index is 13.9. The Balaban J connectivity index is 1.42. The minimum atomic E-state index is -1.19. The second-order valence-corrected chi connectivity index (χ2v) is 14.2. The van der Waals surface area contributed by atoms with Crippen molar-refractivity contribution < 1.29 is 43.1 Å². The van der Waals surface area contributed by atoms with Crippen molar-refractivity contribution in [3.05, 3.63) is 29.8 Å². The number of esters is 2. The van der Waals surface area contributed by atoms with Crippen LogP contribution < -0.4 is 4.74 Å². The SMILES string of the molecule is CCN1C[C@]2(COC)CC[C@H](OC(=O)c3ccc(OC)cc3)[C@]34C1[C@H]([C@H](OC)[C@H]23)[C@@]1(O)C[C@H](OC)[C@H]2C[C@@H]4[C@@H]1[C@H]2OC(C)=O. The van der Waals surface area contributed by atoms with Crippen molar-refractivity contribution in [3.63, 3.8) is 0 Å². The molecule has 1 spiro atoms. The smallest absolute Gasteiger partial charge is 0.338 e. The summed E-state index contributed by atoms with van der Waals surface area (Å²) in [7, 11) is 6.80. The van der Waals surface area contributed by atoms with Gasteiger partial charge in [0.1, 0.15) is 18.0 Å². The Morgan fingerprint density at radius 3 is 2.39 bits per heavy atom. The summed E-state index contributed by atoms with van der Waals surface area (Å²) < 4.78 is 36.7. The van der Waals surface area contributed by atoms with Gasteiger partial charge in [0.05, 0.1) is 37.1 Å². The first-order valence-electron chi connectivity index (χ1n) is 16.2. The lowest BCUT2D eigenvalue weighted by molar-refractivity contribution is -0.273. The van der Waals surface area contributed by atoms with Crippen molar-refractivity contribution >= 4 is 11.9 Å². The molecule has 1 N–H and O–H groups in total. The molecule has 1 heterocycles. The Hall–Kier alpha value is -2.24. The van der Waals surface area contributed by atoms with Crippen LogP contribution in [0.15, 0.2) is 24.3 Å². The number of benzene rings is 1. The molecule has 1 saturated heterocycles. The lowest BCUT2D eigenvalue weighted by Gasteiger charge is -2.68. The normalized spacial score (nSPS) is 46.4. The van der Waals surface area contributed by atoms with Gasteiger partial charge in [0, 0.05) is 81.8 Å². The van der Waals surface area contributed by atoms with E-state index in [2.05, 4.69) is 11.8 Å². The molecule has 7 bridgehead atoms. The molecule has 6 aliphatic rings. The molecule has 5 aliphatic carbocycles. The first-order chi connectivity index (χ1) is 21.1. The fourth-order valence-electron chi connectivity index (χ4n) is 12.1. The molecule has 10 nitrogen and oxygen atoms in total. The second-order valence-electron chi connectivity index (χ2n) is 14.2. The number of ether oxygens (including phenoxy) is 6. The molecule has 5 saturated carbocycles. The summed E-state index contributed by atoms with van der Waals surface area (Å²) >= 11 is 0. The number of hydrogen-bond donors (Lipinski definition) is 1. The number of hydrogen-bond acceptors (Lipinski definition) is 10. The number of carbonyl (C=O) groups is 2. The summed E-state index contributed by atoms with van der Waals surface area (Å²) in [6, 6.07) is 6.95. The van der Waals surface area contributed by atoms with Crippen molar-refractivity contribution in [2.75, 3.05) is 48.1 Å².